The quantitative estimate of drug-likeness (QED) is 0.876. The van der Waals surface area contributed by atoms with Crippen LogP contribution in [-0.2, 0) is 6.54 Å². The topological polar surface area (TPSA) is 28.2 Å². The molecule has 0 saturated heterocycles. The molecule has 1 aromatic heterocycles. The number of fused-ring (bicyclic) bond motifs is 1. The number of benzene rings is 1. The number of halogens is 1. The zero-order valence-corrected chi connectivity index (χ0v) is 11.5. The largest absolute Gasteiger partial charge is 0.368 e. The van der Waals surface area contributed by atoms with Gasteiger partial charge in [0.25, 0.3) is 0 Å². The highest BCUT2D eigenvalue weighted by atomic mass is 79.9. The molecule has 4 heteroatoms. The van der Waals surface area contributed by atoms with Gasteiger partial charge < -0.3 is 10.2 Å². The molecule has 3 rings (SSSR count). The zero-order chi connectivity index (χ0) is 12.4. The van der Waals surface area contributed by atoms with Gasteiger partial charge in [0, 0.05) is 41.6 Å². The number of hydrogen-bond donors (Lipinski definition) is 1. The molecule has 1 aliphatic heterocycles. The molecule has 0 atom stereocenters. The van der Waals surface area contributed by atoms with Crippen LogP contribution in [0.25, 0.3) is 0 Å². The molecular weight excluding hydrogens is 290 g/mol. The van der Waals surface area contributed by atoms with Crippen molar-refractivity contribution >= 4 is 27.4 Å². The molecule has 0 fully saturated rings. The highest BCUT2D eigenvalue weighted by molar-refractivity contribution is 9.10. The second-order valence-corrected chi connectivity index (χ2v) is 5.26. The third kappa shape index (κ3) is 2.34. The molecule has 1 aliphatic rings. The standard InChI is InChI=1S/C14H14BrN3/c15-12-8-11-10-18(13-4-2-1-3-5-13)7-6-16-14(11)17-9-12/h1-5,8-9H,6-7,10H2,(H,16,17). The number of para-hydroxylation sites is 1. The van der Waals surface area contributed by atoms with E-state index in [4.69, 9.17) is 0 Å². The van der Waals surface area contributed by atoms with E-state index in [0.29, 0.717) is 0 Å². The summed E-state index contributed by atoms with van der Waals surface area (Å²) in [4.78, 5) is 6.79. The maximum atomic E-state index is 4.42. The van der Waals surface area contributed by atoms with Crippen LogP contribution in [0, 0.1) is 0 Å². The zero-order valence-electron chi connectivity index (χ0n) is 9.94. The van der Waals surface area contributed by atoms with Crippen molar-refractivity contribution in [1.82, 2.24) is 4.98 Å². The van der Waals surface area contributed by atoms with Gasteiger partial charge in [0.2, 0.25) is 0 Å². The predicted octanol–water partition coefficient (Wildman–Crippen LogP) is 3.28. The molecule has 0 bridgehead atoms. The number of nitrogens with one attached hydrogen (secondary N) is 1. The van der Waals surface area contributed by atoms with Crippen LogP contribution in [0.3, 0.4) is 0 Å². The first-order valence-corrected chi connectivity index (χ1v) is 6.80. The summed E-state index contributed by atoms with van der Waals surface area (Å²) in [5, 5.41) is 3.38. The fourth-order valence-electron chi connectivity index (χ4n) is 2.21. The van der Waals surface area contributed by atoms with Gasteiger partial charge in [-0.2, -0.15) is 0 Å². The van der Waals surface area contributed by atoms with Gasteiger partial charge in [-0.15, -0.1) is 0 Å². The van der Waals surface area contributed by atoms with E-state index in [-0.39, 0.29) is 0 Å². The maximum absolute atomic E-state index is 4.42. The van der Waals surface area contributed by atoms with Crippen molar-refractivity contribution in [2.75, 3.05) is 23.3 Å². The first-order valence-electron chi connectivity index (χ1n) is 6.01. The van der Waals surface area contributed by atoms with E-state index < -0.39 is 0 Å². The fraction of sp³-hybridized carbons (Fsp3) is 0.214. The van der Waals surface area contributed by atoms with Crippen molar-refractivity contribution in [2.45, 2.75) is 6.54 Å². The minimum atomic E-state index is 0.888. The van der Waals surface area contributed by atoms with E-state index in [9.17, 15) is 0 Å². The molecule has 2 heterocycles. The molecule has 0 spiro atoms. The number of pyridine rings is 1. The molecule has 0 saturated carbocycles. The van der Waals surface area contributed by atoms with Crippen molar-refractivity contribution in [3.05, 3.63) is 52.6 Å². The van der Waals surface area contributed by atoms with Crippen LogP contribution in [0.4, 0.5) is 11.5 Å². The molecular formula is C14H14BrN3. The molecule has 2 aromatic rings. The summed E-state index contributed by atoms with van der Waals surface area (Å²) in [5.74, 6) is 0.997. The molecule has 1 aromatic carbocycles. The van der Waals surface area contributed by atoms with Gasteiger partial charge in [-0.3, -0.25) is 0 Å². The normalized spacial score (nSPS) is 14.6. The lowest BCUT2D eigenvalue weighted by molar-refractivity contribution is 0.828. The summed E-state index contributed by atoms with van der Waals surface area (Å²) in [6, 6.07) is 12.6. The monoisotopic (exact) mass is 303 g/mol. The highest BCUT2D eigenvalue weighted by Crippen LogP contribution is 2.24. The van der Waals surface area contributed by atoms with E-state index in [1.165, 1.54) is 11.3 Å². The summed E-state index contributed by atoms with van der Waals surface area (Å²) >= 11 is 3.48. The number of anilines is 2. The fourth-order valence-corrected chi connectivity index (χ4v) is 2.59. The van der Waals surface area contributed by atoms with Crippen LogP contribution in [0.1, 0.15) is 5.56 Å². The smallest absolute Gasteiger partial charge is 0.131 e. The third-order valence-corrected chi connectivity index (χ3v) is 3.52. The molecule has 0 unspecified atom stereocenters. The van der Waals surface area contributed by atoms with Crippen LogP contribution in [0.2, 0.25) is 0 Å². The maximum Gasteiger partial charge on any atom is 0.131 e. The van der Waals surface area contributed by atoms with E-state index >= 15 is 0 Å². The van der Waals surface area contributed by atoms with Gasteiger partial charge in [-0.05, 0) is 34.1 Å². The molecule has 0 amide bonds. The Morgan fingerprint density at radius 2 is 2.06 bits per heavy atom. The Labute approximate surface area is 115 Å². The van der Waals surface area contributed by atoms with E-state index in [1.54, 1.807) is 0 Å². The van der Waals surface area contributed by atoms with Crippen molar-refractivity contribution in [3.8, 4) is 0 Å². The number of aromatic nitrogens is 1. The number of rotatable bonds is 1. The first kappa shape index (κ1) is 11.5. The lowest BCUT2D eigenvalue weighted by Crippen LogP contribution is -2.25. The Morgan fingerprint density at radius 1 is 1.22 bits per heavy atom. The molecule has 0 aliphatic carbocycles. The molecule has 0 radical (unpaired) electrons. The third-order valence-electron chi connectivity index (χ3n) is 3.09. The average Bonchev–Trinajstić information content (AvgIpc) is 2.61. The van der Waals surface area contributed by atoms with Gasteiger partial charge in [0.15, 0.2) is 0 Å². The highest BCUT2D eigenvalue weighted by Gasteiger charge is 2.15. The minimum Gasteiger partial charge on any atom is -0.368 e. The molecule has 3 nitrogen and oxygen atoms in total. The van der Waals surface area contributed by atoms with Crippen molar-refractivity contribution < 1.29 is 0 Å². The number of nitrogens with zero attached hydrogens (tertiary/aromatic N) is 2. The van der Waals surface area contributed by atoms with Crippen molar-refractivity contribution in [2.24, 2.45) is 0 Å². The van der Waals surface area contributed by atoms with E-state index in [2.05, 4.69) is 61.5 Å². The summed E-state index contributed by atoms with van der Waals surface area (Å²) in [5.41, 5.74) is 2.48. The van der Waals surface area contributed by atoms with Gasteiger partial charge in [-0.25, -0.2) is 4.98 Å². The first-order chi connectivity index (χ1) is 8.83. The molecule has 92 valence electrons. The number of hydrogen-bond acceptors (Lipinski definition) is 3. The van der Waals surface area contributed by atoms with Gasteiger partial charge in [-0.1, -0.05) is 18.2 Å². The summed E-state index contributed by atoms with van der Waals surface area (Å²) in [6.45, 7) is 2.79. The summed E-state index contributed by atoms with van der Waals surface area (Å²) in [6.07, 6.45) is 1.84. The molecule has 1 N–H and O–H groups in total. The van der Waals surface area contributed by atoms with Crippen LogP contribution < -0.4 is 10.2 Å². The lowest BCUT2D eigenvalue weighted by Gasteiger charge is -2.22. The van der Waals surface area contributed by atoms with Crippen molar-refractivity contribution in [3.63, 3.8) is 0 Å². The predicted molar refractivity (Wildman–Crippen MR) is 77.9 cm³/mol. The molecule has 18 heavy (non-hydrogen) atoms. The van der Waals surface area contributed by atoms with Gasteiger partial charge in [0.1, 0.15) is 5.82 Å². The average molecular weight is 304 g/mol. The van der Waals surface area contributed by atoms with Crippen molar-refractivity contribution in [1.29, 1.82) is 0 Å². The Bertz CT molecular complexity index is 542. The van der Waals surface area contributed by atoms with E-state index in [0.717, 1.165) is 29.9 Å². The van der Waals surface area contributed by atoms with Gasteiger partial charge >= 0.3 is 0 Å². The van der Waals surface area contributed by atoms with Crippen LogP contribution in [0.15, 0.2) is 47.1 Å². The second-order valence-electron chi connectivity index (χ2n) is 4.35. The Balaban J connectivity index is 1.92. The Kier molecular flexibility index (Phi) is 3.19. The van der Waals surface area contributed by atoms with E-state index in [1.807, 2.05) is 12.3 Å². The van der Waals surface area contributed by atoms with Crippen LogP contribution in [0.5, 0.6) is 0 Å². The van der Waals surface area contributed by atoms with Crippen LogP contribution >= 0.6 is 15.9 Å². The van der Waals surface area contributed by atoms with Crippen LogP contribution in [-0.4, -0.2) is 18.1 Å². The summed E-state index contributed by atoms with van der Waals surface area (Å²) in [7, 11) is 0. The van der Waals surface area contributed by atoms with Gasteiger partial charge in [0.05, 0.1) is 0 Å². The summed E-state index contributed by atoms with van der Waals surface area (Å²) < 4.78 is 1.03. The second kappa shape index (κ2) is 4.98. The Morgan fingerprint density at radius 3 is 2.89 bits per heavy atom. The minimum absolute atomic E-state index is 0.888. The SMILES string of the molecule is Brc1cnc2c(c1)CN(c1ccccc1)CCN2. The lowest BCUT2D eigenvalue weighted by atomic mass is 10.2. The Hall–Kier alpha value is -1.55.